The number of rotatable bonds is 2. The van der Waals surface area contributed by atoms with Gasteiger partial charge in [0.15, 0.2) is 9.84 Å². The van der Waals surface area contributed by atoms with E-state index < -0.39 is 32.0 Å². The topological polar surface area (TPSA) is 93.3 Å². The van der Waals surface area contributed by atoms with E-state index in [0.29, 0.717) is 12.8 Å². The Morgan fingerprint density at radius 3 is 2.56 bits per heavy atom. The zero-order chi connectivity index (χ0) is 13.0. The van der Waals surface area contributed by atoms with E-state index in [1.54, 1.807) is 12.3 Å². The second-order valence-corrected chi connectivity index (χ2v) is 8.69. The van der Waals surface area contributed by atoms with Crippen molar-refractivity contribution in [2.45, 2.75) is 47.8 Å². The van der Waals surface area contributed by atoms with Crippen LogP contribution in [0.4, 0.5) is 0 Å². The van der Waals surface area contributed by atoms with Gasteiger partial charge in [-0.3, -0.25) is 0 Å². The van der Waals surface area contributed by atoms with Gasteiger partial charge in [-0.2, -0.15) is 0 Å². The molecular formula is C11H16N2O3S2. The zero-order valence-corrected chi connectivity index (χ0v) is 11.5. The first-order valence-electron chi connectivity index (χ1n) is 6.05. The molecule has 0 radical (unpaired) electrons. The molecular weight excluding hydrogens is 272 g/mol. The smallest absolute Gasteiger partial charge is 0.156 e. The summed E-state index contributed by atoms with van der Waals surface area (Å²) in [6.07, 6.45) is 3.47. The number of hydrogen-bond donors (Lipinski definition) is 2. The molecule has 2 aliphatic heterocycles. The summed E-state index contributed by atoms with van der Waals surface area (Å²) in [7, 11) is -3.03. The lowest BCUT2D eigenvalue weighted by molar-refractivity contribution is -0.00321. The summed E-state index contributed by atoms with van der Waals surface area (Å²) < 4.78 is 28.0. The van der Waals surface area contributed by atoms with Gasteiger partial charge in [0.1, 0.15) is 0 Å². The average molecular weight is 288 g/mol. The van der Waals surface area contributed by atoms with Gasteiger partial charge in [0.2, 0.25) is 0 Å². The number of nitrogens with zero attached hydrogens (tertiary/aromatic N) is 1. The molecule has 3 N–H and O–H groups in total. The monoisotopic (exact) mass is 288 g/mol. The maximum Gasteiger partial charge on any atom is 0.156 e. The Morgan fingerprint density at radius 2 is 2.06 bits per heavy atom. The number of sulfone groups is 1. The van der Waals surface area contributed by atoms with Crippen molar-refractivity contribution in [3.8, 4) is 0 Å². The fraction of sp³-hybridized carbons (Fsp3) is 0.727. The quantitative estimate of drug-likeness (QED) is 0.832. The van der Waals surface area contributed by atoms with E-state index in [1.165, 1.54) is 11.5 Å². The second-order valence-electron chi connectivity index (χ2n) is 5.31. The van der Waals surface area contributed by atoms with Crippen LogP contribution in [0.25, 0.3) is 0 Å². The van der Waals surface area contributed by atoms with Gasteiger partial charge >= 0.3 is 0 Å². The Morgan fingerprint density at radius 1 is 1.44 bits per heavy atom. The van der Waals surface area contributed by atoms with Gasteiger partial charge in [0.05, 0.1) is 22.1 Å². The Hall–Kier alpha value is -0.500. The number of aliphatic hydroxyl groups is 1. The predicted octanol–water partition coefficient (Wildman–Crippen LogP) is 0.614. The van der Waals surface area contributed by atoms with Crippen molar-refractivity contribution in [2.75, 3.05) is 0 Å². The van der Waals surface area contributed by atoms with Gasteiger partial charge < -0.3 is 10.8 Å². The molecule has 0 spiro atoms. The van der Waals surface area contributed by atoms with Crippen LogP contribution >= 0.6 is 11.5 Å². The van der Waals surface area contributed by atoms with E-state index in [4.69, 9.17) is 5.73 Å². The molecule has 18 heavy (non-hydrogen) atoms. The lowest BCUT2D eigenvalue weighted by Crippen LogP contribution is -2.51. The molecule has 5 nitrogen and oxygen atoms in total. The number of fused-ring (bicyclic) bond motifs is 2. The molecule has 0 aromatic carbocycles. The lowest BCUT2D eigenvalue weighted by atomic mass is 9.85. The van der Waals surface area contributed by atoms with Crippen LogP contribution in [-0.4, -0.2) is 34.0 Å². The molecule has 3 heterocycles. The van der Waals surface area contributed by atoms with Crippen LogP contribution in [0.5, 0.6) is 0 Å². The van der Waals surface area contributed by atoms with Crippen LogP contribution in [0.15, 0.2) is 12.3 Å². The van der Waals surface area contributed by atoms with Crippen LogP contribution in [-0.2, 0) is 9.84 Å². The van der Waals surface area contributed by atoms with Crippen LogP contribution in [0.2, 0.25) is 0 Å². The summed E-state index contributed by atoms with van der Waals surface area (Å²) in [4.78, 5) is 0.816. The summed E-state index contributed by atoms with van der Waals surface area (Å²) in [6, 6.07) is 1.25. The molecule has 1 aromatic heterocycles. The van der Waals surface area contributed by atoms with Crippen molar-refractivity contribution in [2.24, 2.45) is 5.73 Å². The van der Waals surface area contributed by atoms with E-state index in [9.17, 15) is 13.5 Å². The van der Waals surface area contributed by atoms with E-state index in [-0.39, 0.29) is 12.8 Å². The highest BCUT2D eigenvalue weighted by Gasteiger charge is 2.54. The third-order valence-corrected chi connectivity index (χ3v) is 7.74. The van der Waals surface area contributed by atoms with E-state index in [1.807, 2.05) is 0 Å². The average Bonchev–Trinajstić information content (AvgIpc) is 2.86. The van der Waals surface area contributed by atoms with Crippen LogP contribution in [0, 0.1) is 0 Å². The van der Waals surface area contributed by atoms with Gasteiger partial charge in [-0.25, -0.2) is 12.8 Å². The standard InChI is InChI=1S/C11H16N2O3S2/c12-10(9-3-4-13-17-9)11(14)5-7-1-2-8(6-11)18(7,15)16/h3-4,7-8,10,14H,1-2,5-6,12H2. The summed E-state index contributed by atoms with van der Waals surface area (Å²) in [5.74, 6) is 0. The van der Waals surface area contributed by atoms with Gasteiger partial charge in [-0.05, 0) is 43.3 Å². The Labute approximate surface area is 110 Å². The molecule has 0 saturated carbocycles. The summed E-state index contributed by atoms with van der Waals surface area (Å²) >= 11 is 1.26. The molecule has 2 bridgehead atoms. The van der Waals surface area contributed by atoms with E-state index in [2.05, 4.69) is 4.37 Å². The normalized spacial score (nSPS) is 39.7. The SMILES string of the molecule is NC(c1ccns1)C1(O)CC2CCC(C1)S2(=O)=O. The number of nitrogens with two attached hydrogens (primary N) is 1. The maximum atomic E-state index is 12.0. The Balaban J connectivity index is 1.90. The lowest BCUT2D eigenvalue weighted by Gasteiger charge is -2.39. The van der Waals surface area contributed by atoms with Crippen molar-refractivity contribution in [1.82, 2.24) is 4.37 Å². The van der Waals surface area contributed by atoms with Crippen molar-refractivity contribution >= 4 is 21.4 Å². The van der Waals surface area contributed by atoms with Crippen molar-refractivity contribution in [3.63, 3.8) is 0 Å². The highest BCUT2D eigenvalue weighted by molar-refractivity contribution is 7.93. The molecule has 1 aromatic rings. The minimum Gasteiger partial charge on any atom is -0.388 e. The molecule has 0 aliphatic carbocycles. The first-order valence-corrected chi connectivity index (χ1v) is 8.43. The van der Waals surface area contributed by atoms with Gasteiger partial charge in [0.25, 0.3) is 0 Å². The van der Waals surface area contributed by atoms with E-state index >= 15 is 0 Å². The fourth-order valence-electron chi connectivity index (χ4n) is 3.19. The molecule has 3 atom stereocenters. The van der Waals surface area contributed by atoms with Crippen LogP contribution < -0.4 is 5.73 Å². The third-order valence-electron chi connectivity index (χ3n) is 4.25. The Kier molecular flexibility index (Phi) is 2.78. The Bertz CT molecular complexity index is 521. The maximum absolute atomic E-state index is 12.0. The molecule has 3 rings (SSSR count). The van der Waals surface area contributed by atoms with Crippen LogP contribution in [0.1, 0.15) is 36.6 Å². The summed E-state index contributed by atoms with van der Waals surface area (Å²) in [6.45, 7) is 0. The molecule has 2 aliphatic rings. The first kappa shape index (κ1) is 12.5. The van der Waals surface area contributed by atoms with Crippen molar-refractivity contribution in [3.05, 3.63) is 17.1 Å². The van der Waals surface area contributed by atoms with Crippen molar-refractivity contribution in [1.29, 1.82) is 0 Å². The molecule has 3 unspecified atom stereocenters. The zero-order valence-electron chi connectivity index (χ0n) is 9.82. The van der Waals surface area contributed by atoms with E-state index in [0.717, 1.165) is 4.88 Å². The predicted molar refractivity (Wildman–Crippen MR) is 69.0 cm³/mol. The molecule has 0 amide bonds. The van der Waals surface area contributed by atoms with Gasteiger partial charge in [-0.15, -0.1) is 0 Å². The largest absolute Gasteiger partial charge is 0.388 e. The highest BCUT2D eigenvalue weighted by atomic mass is 32.2. The summed E-state index contributed by atoms with van der Waals surface area (Å²) in [5.41, 5.74) is 5.01. The molecule has 2 fully saturated rings. The van der Waals surface area contributed by atoms with Gasteiger partial charge in [-0.1, -0.05) is 0 Å². The molecule has 100 valence electrons. The van der Waals surface area contributed by atoms with Crippen LogP contribution in [0.3, 0.4) is 0 Å². The number of aromatic nitrogens is 1. The fourth-order valence-corrected chi connectivity index (χ4v) is 6.40. The second kappa shape index (κ2) is 4.00. The highest BCUT2D eigenvalue weighted by Crippen LogP contribution is 2.47. The third kappa shape index (κ3) is 1.72. The number of hydrogen-bond acceptors (Lipinski definition) is 6. The minimum atomic E-state index is -3.03. The molecule has 7 heteroatoms. The van der Waals surface area contributed by atoms with Crippen molar-refractivity contribution < 1.29 is 13.5 Å². The summed E-state index contributed by atoms with van der Waals surface area (Å²) in [5, 5.41) is 9.88. The first-order chi connectivity index (χ1) is 8.43. The minimum absolute atomic E-state index is 0.255. The molecule has 2 saturated heterocycles. The van der Waals surface area contributed by atoms with Gasteiger partial charge in [0, 0.05) is 11.1 Å².